The summed E-state index contributed by atoms with van der Waals surface area (Å²) in [4.78, 5) is 16.2. The van der Waals surface area contributed by atoms with Crippen LogP contribution in [0.25, 0.3) is 0 Å². The third kappa shape index (κ3) is 7.93. The Balaban J connectivity index is 1.83. The summed E-state index contributed by atoms with van der Waals surface area (Å²) in [5.74, 6) is -2.26. The van der Waals surface area contributed by atoms with Crippen LogP contribution < -0.4 is 0 Å². The highest BCUT2D eigenvalue weighted by Gasteiger charge is 2.57. The van der Waals surface area contributed by atoms with E-state index in [-0.39, 0.29) is 25.0 Å². The van der Waals surface area contributed by atoms with E-state index >= 15 is 0 Å². The molecule has 290 valence electrons. The minimum atomic E-state index is -1.82. The lowest BCUT2D eigenvalue weighted by Gasteiger charge is -2.48. The summed E-state index contributed by atoms with van der Waals surface area (Å²) in [6, 6.07) is -0.223. The number of fused-ring (bicyclic) bond motifs is 2. The van der Waals surface area contributed by atoms with Crippen LogP contribution in [-0.4, -0.2) is 137 Å². The topological polar surface area (TPSA) is 166 Å². The van der Waals surface area contributed by atoms with Crippen molar-refractivity contribution in [1.29, 1.82) is 0 Å². The highest BCUT2D eigenvalue weighted by molar-refractivity contribution is 5.73. The van der Waals surface area contributed by atoms with E-state index in [2.05, 4.69) is 0 Å². The number of likely N-dealkylation sites (N-methyl/N-ethyl adjacent to an activating group) is 1. The molecule has 13 heteroatoms. The zero-order valence-corrected chi connectivity index (χ0v) is 32.4. The molecule has 4 heterocycles. The van der Waals surface area contributed by atoms with E-state index in [0.717, 1.165) is 5.57 Å². The van der Waals surface area contributed by atoms with E-state index in [1.54, 1.807) is 27.7 Å². The summed E-state index contributed by atoms with van der Waals surface area (Å²) in [6.07, 6.45) is -7.24. The summed E-state index contributed by atoms with van der Waals surface area (Å²) in [5.41, 5.74) is -2.95. The quantitative estimate of drug-likeness (QED) is 0.258. The highest BCUT2D eigenvalue weighted by atomic mass is 16.7. The maximum absolute atomic E-state index is 14.3. The molecule has 4 aliphatic rings. The van der Waals surface area contributed by atoms with Crippen molar-refractivity contribution < 1.29 is 58.4 Å². The fourth-order valence-electron chi connectivity index (χ4n) is 8.73. The maximum atomic E-state index is 14.3. The molecule has 0 spiro atoms. The average molecular weight is 716 g/mol. The Kier molecular flexibility index (Phi) is 12.8. The molecule has 0 amide bonds. The number of hydrogen-bond donors (Lipinski definition) is 4. The van der Waals surface area contributed by atoms with Crippen molar-refractivity contribution in [2.24, 2.45) is 17.8 Å². The van der Waals surface area contributed by atoms with Gasteiger partial charge in [0.25, 0.3) is 0 Å². The third-order valence-corrected chi connectivity index (χ3v) is 11.9. The van der Waals surface area contributed by atoms with Gasteiger partial charge in [0.15, 0.2) is 12.6 Å². The Morgan fingerprint density at radius 3 is 2.28 bits per heavy atom. The standard InChI is InChI=1S/C37H65NO12/c1-14-25(39)37(10,43)32-20(4)28-18(2)16-36(9,50-28)31(49-34-27(40)24(38(11)12)15-19(3)45-34)21(5)29(22(6)33(42)48-32)47-26-17-35(8,44-13)30(41)23(7)46-26/h19-27,29-32,34,39-41,43H,14-17H2,1-13H3/t19?,20-,21-,22+,23?,24?,25+,26-,27?,29-,30-,31+,32+,34-,35?,36+,37+/m0/s1. The van der Waals surface area contributed by atoms with Crippen LogP contribution in [0, 0.1) is 17.8 Å². The van der Waals surface area contributed by atoms with E-state index in [4.69, 9.17) is 33.2 Å². The van der Waals surface area contributed by atoms with Crippen LogP contribution in [0.4, 0.5) is 0 Å². The van der Waals surface area contributed by atoms with Crippen molar-refractivity contribution in [3.8, 4) is 0 Å². The molecular weight excluding hydrogens is 650 g/mol. The third-order valence-electron chi connectivity index (χ3n) is 11.9. The van der Waals surface area contributed by atoms with Gasteiger partial charge in [0.05, 0.1) is 41.9 Å². The molecule has 13 nitrogen and oxygen atoms in total. The van der Waals surface area contributed by atoms with Crippen molar-refractivity contribution >= 4 is 5.97 Å². The van der Waals surface area contributed by atoms with Gasteiger partial charge in [0.2, 0.25) is 0 Å². The molecule has 17 atom stereocenters. The first-order valence-corrected chi connectivity index (χ1v) is 18.3. The molecule has 0 aromatic carbocycles. The molecule has 0 aliphatic carbocycles. The lowest BCUT2D eigenvalue weighted by molar-refractivity contribution is -0.316. The van der Waals surface area contributed by atoms with Gasteiger partial charge >= 0.3 is 5.97 Å². The van der Waals surface area contributed by atoms with Crippen molar-refractivity contribution in [3.05, 3.63) is 11.3 Å². The lowest BCUT2D eigenvalue weighted by atomic mass is 9.78. The molecule has 5 unspecified atom stereocenters. The minimum Gasteiger partial charge on any atom is -0.488 e. The highest BCUT2D eigenvalue weighted by Crippen LogP contribution is 2.48. The number of cyclic esters (lactones) is 1. The molecule has 0 aromatic heterocycles. The number of esters is 1. The van der Waals surface area contributed by atoms with Gasteiger partial charge in [0, 0.05) is 31.9 Å². The number of aliphatic hydroxyl groups excluding tert-OH is 3. The predicted molar refractivity (Wildman–Crippen MR) is 184 cm³/mol. The Labute approximate surface area is 298 Å². The monoisotopic (exact) mass is 715 g/mol. The number of carbonyl (C=O) groups excluding carboxylic acids is 1. The predicted octanol–water partition coefficient (Wildman–Crippen LogP) is 2.89. The van der Waals surface area contributed by atoms with Gasteiger partial charge in [-0.1, -0.05) is 20.8 Å². The number of carbonyl (C=O) groups is 1. The minimum absolute atomic E-state index is 0.174. The van der Waals surface area contributed by atoms with E-state index in [1.165, 1.54) is 14.0 Å². The molecule has 0 radical (unpaired) electrons. The SMILES string of the molecule is CC[C@@H](O)[C@@](C)(O)[C@@H]1OC(=O)[C@H](C)[C@@H](O[C@H]2CC(C)(OC)[C@@H](O)C(C)O2)[C@H](C)[C@@H](O[C@@H]2OC(C)CC(N(C)C)C2O)[C@@]2(C)CC(C)=C(O2)[C@@H]1C. The Hall–Kier alpha value is -1.39. The van der Waals surface area contributed by atoms with E-state index < -0.39 is 95.8 Å². The summed E-state index contributed by atoms with van der Waals surface area (Å²) in [5, 5.41) is 45.2. The molecule has 0 saturated carbocycles. The molecule has 4 N–H and O–H groups in total. The maximum Gasteiger partial charge on any atom is 0.311 e. The number of rotatable bonds is 9. The second-order valence-electron chi connectivity index (χ2n) is 16.3. The van der Waals surface area contributed by atoms with Crippen molar-refractivity contribution in [3.63, 3.8) is 0 Å². The van der Waals surface area contributed by atoms with Gasteiger partial charge in [0.1, 0.15) is 41.4 Å². The van der Waals surface area contributed by atoms with Crippen LogP contribution in [-0.2, 0) is 38.0 Å². The summed E-state index contributed by atoms with van der Waals surface area (Å²) < 4.78 is 44.8. The van der Waals surface area contributed by atoms with E-state index in [1.807, 2.05) is 53.6 Å². The van der Waals surface area contributed by atoms with Gasteiger partial charge in [-0.15, -0.1) is 0 Å². The number of hydrogen-bond acceptors (Lipinski definition) is 13. The van der Waals surface area contributed by atoms with Gasteiger partial charge in [-0.25, -0.2) is 0 Å². The Morgan fingerprint density at radius 1 is 1.06 bits per heavy atom. The number of aliphatic hydroxyl groups is 4. The fourth-order valence-corrected chi connectivity index (χ4v) is 8.73. The van der Waals surface area contributed by atoms with E-state index in [9.17, 15) is 25.2 Å². The average Bonchev–Trinajstić information content (AvgIpc) is 3.36. The molecule has 2 bridgehead atoms. The molecule has 4 rings (SSSR count). The van der Waals surface area contributed by atoms with Crippen LogP contribution >= 0.6 is 0 Å². The zero-order chi connectivity index (χ0) is 37.7. The van der Waals surface area contributed by atoms with Gasteiger partial charge in [-0.05, 0) is 81.0 Å². The van der Waals surface area contributed by atoms with Crippen LogP contribution in [0.3, 0.4) is 0 Å². The number of methoxy groups -OCH3 is 1. The first kappa shape index (κ1) is 41.4. The van der Waals surface area contributed by atoms with Gasteiger partial charge in [-0.2, -0.15) is 0 Å². The van der Waals surface area contributed by atoms with Crippen LogP contribution in [0.5, 0.6) is 0 Å². The van der Waals surface area contributed by atoms with Crippen molar-refractivity contribution in [1.82, 2.24) is 4.90 Å². The Bertz CT molecular complexity index is 1210. The normalized spacial score (nSPS) is 46.5. The second kappa shape index (κ2) is 15.5. The molecule has 0 aromatic rings. The first-order valence-electron chi connectivity index (χ1n) is 18.3. The molecule has 50 heavy (non-hydrogen) atoms. The fraction of sp³-hybridized carbons (Fsp3) is 0.919. The lowest BCUT2D eigenvalue weighted by Crippen LogP contribution is -2.60. The number of nitrogens with zero attached hydrogens (tertiary/aromatic N) is 1. The smallest absolute Gasteiger partial charge is 0.311 e. The summed E-state index contributed by atoms with van der Waals surface area (Å²) in [6.45, 7) is 18.0. The van der Waals surface area contributed by atoms with Gasteiger partial charge < -0.3 is 58.5 Å². The van der Waals surface area contributed by atoms with Gasteiger partial charge in [-0.3, -0.25) is 4.79 Å². The second-order valence-corrected chi connectivity index (χ2v) is 16.3. The summed E-state index contributed by atoms with van der Waals surface area (Å²) in [7, 11) is 5.35. The van der Waals surface area contributed by atoms with Crippen LogP contribution in [0.15, 0.2) is 11.3 Å². The Morgan fingerprint density at radius 2 is 1.70 bits per heavy atom. The van der Waals surface area contributed by atoms with Crippen molar-refractivity contribution in [2.45, 2.75) is 179 Å². The largest absolute Gasteiger partial charge is 0.488 e. The van der Waals surface area contributed by atoms with Crippen LogP contribution in [0.1, 0.15) is 94.9 Å². The van der Waals surface area contributed by atoms with E-state index in [0.29, 0.717) is 18.6 Å². The molecule has 3 saturated heterocycles. The molecule has 3 fully saturated rings. The van der Waals surface area contributed by atoms with Crippen LogP contribution in [0.2, 0.25) is 0 Å². The molecular formula is C37H65NO12. The first-order chi connectivity index (χ1) is 23.1. The number of ether oxygens (including phenoxy) is 7. The zero-order valence-electron chi connectivity index (χ0n) is 32.4. The molecule has 4 aliphatic heterocycles. The van der Waals surface area contributed by atoms with Crippen molar-refractivity contribution in [2.75, 3.05) is 21.2 Å². The summed E-state index contributed by atoms with van der Waals surface area (Å²) >= 11 is 0.